The SMILES string of the molecule is COc1cc(/C=C(/C#N)c2ccccn2)cc2c1OCO2. The van der Waals surface area contributed by atoms with Crippen LogP contribution in [-0.2, 0) is 0 Å². The maximum Gasteiger partial charge on any atom is 0.231 e. The molecule has 21 heavy (non-hydrogen) atoms. The highest BCUT2D eigenvalue weighted by atomic mass is 16.7. The van der Waals surface area contributed by atoms with Gasteiger partial charge in [0.05, 0.1) is 18.4 Å². The number of nitrogens with zero attached hydrogens (tertiary/aromatic N) is 2. The number of nitriles is 1. The Kier molecular flexibility index (Phi) is 3.44. The lowest BCUT2D eigenvalue weighted by Crippen LogP contribution is -1.93. The molecule has 1 aliphatic rings. The zero-order valence-electron chi connectivity index (χ0n) is 11.4. The highest BCUT2D eigenvalue weighted by molar-refractivity contribution is 5.88. The molecule has 104 valence electrons. The summed E-state index contributed by atoms with van der Waals surface area (Å²) in [7, 11) is 1.56. The van der Waals surface area contributed by atoms with Crippen molar-refractivity contribution in [3.63, 3.8) is 0 Å². The molecule has 1 aromatic heterocycles. The van der Waals surface area contributed by atoms with E-state index in [4.69, 9.17) is 14.2 Å². The molecule has 5 heteroatoms. The van der Waals surface area contributed by atoms with E-state index in [9.17, 15) is 5.26 Å². The Bertz CT molecular complexity index is 733. The van der Waals surface area contributed by atoms with E-state index in [1.807, 2.05) is 18.2 Å². The molecule has 0 fully saturated rings. The zero-order chi connectivity index (χ0) is 14.7. The van der Waals surface area contributed by atoms with Crippen LogP contribution in [0.15, 0.2) is 36.5 Å². The minimum Gasteiger partial charge on any atom is -0.493 e. The first kappa shape index (κ1) is 13.0. The number of rotatable bonds is 3. The number of hydrogen-bond donors (Lipinski definition) is 0. The van der Waals surface area contributed by atoms with Crippen molar-refractivity contribution in [1.29, 1.82) is 5.26 Å². The van der Waals surface area contributed by atoms with Crippen LogP contribution in [0.3, 0.4) is 0 Å². The predicted octanol–water partition coefficient (Wildman–Crippen LogP) is 2.88. The van der Waals surface area contributed by atoms with Gasteiger partial charge >= 0.3 is 0 Å². The monoisotopic (exact) mass is 280 g/mol. The number of hydrogen-bond acceptors (Lipinski definition) is 5. The average molecular weight is 280 g/mol. The fourth-order valence-electron chi connectivity index (χ4n) is 2.09. The van der Waals surface area contributed by atoms with E-state index >= 15 is 0 Å². The maximum atomic E-state index is 9.32. The van der Waals surface area contributed by atoms with E-state index < -0.39 is 0 Å². The van der Waals surface area contributed by atoms with E-state index in [-0.39, 0.29) is 6.79 Å². The van der Waals surface area contributed by atoms with Crippen LogP contribution in [0.4, 0.5) is 0 Å². The molecule has 3 rings (SSSR count). The summed E-state index contributed by atoms with van der Waals surface area (Å²) in [5.41, 5.74) is 1.88. The van der Waals surface area contributed by atoms with Crippen LogP contribution < -0.4 is 14.2 Å². The third-order valence-corrected chi connectivity index (χ3v) is 3.05. The number of fused-ring (bicyclic) bond motifs is 1. The van der Waals surface area contributed by atoms with Gasteiger partial charge in [-0.3, -0.25) is 4.98 Å². The fraction of sp³-hybridized carbons (Fsp3) is 0.125. The molecule has 0 unspecified atom stereocenters. The molecule has 2 aromatic rings. The van der Waals surface area contributed by atoms with Gasteiger partial charge in [0.15, 0.2) is 11.5 Å². The van der Waals surface area contributed by atoms with E-state index in [1.54, 1.807) is 31.5 Å². The largest absolute Gasteiger partial charge is 0.493 e. The molecular formula is C16H12N2O3. The molecule has 0 saturated carbocycles. The van der Waals surface area contributed by atoms with Crippen LogP contribution in [0, 0.1) is 11.3 Å². The fourth-order valence-corrected chi connectivity index (χ4v) is 2.09. The molecule has 5 nitrogen and oxygen atoms in total. The molecule has 0 bridgehead atoms. The van der Waals surface area contributed by atoms with Crippen molar-refractivity contribution in [1.82, 2.24) is 4.98 Å². The van der Waals surface area contributed by atoms with E-state index in [2.05, 4.69) is 11.1 Å². The molecule has 0 amide bonds. The van der Waals surface area contributed by atoms with Crippen LogP contribution in [0.1, 0.15) is 11.3 Å². The summed E-state index contributed by atoms with van der Waals surface area (Å²) in [6.07, 6.45) is 3.40. The molecule has 0 spiro atoms. The summed E-state index contributed by atoms with van der Waals surface area (Å²) in [5.74, 6) is 1.78. The number of methoxy groups -OCH3 is 1. The summed E-state index contributed by atoms with van der Waals surface area (Å²) in [5, 5.41) is 9.32. The summed E-state index contributed by atoms with van der Waals surface area (Å²) < 4.78 is 16.0. The lowest BCUT2D eigenvalue weighted by Gasteiger charge is -2.06. The van der Waals surface area contributed by atoms with Crippen molar-refractivity contribution in [3.8, 4) is 23.3 Å². The quantitative estimate of drug-likeness (QED) is 0.809. The van der Waals surface area contributed by atoms with Gasteiger partial charge in [0.2, 0.25) is 12.5 Å². The standard InChI is InChI=1S/C16H12N2O3/c1-19-14-7-11(8-15-16(14)21-10-20-15)6-12(9-17)13-4-2-3-5-18-13/h2-8H,10H2,1H3/b12-6-. The van der Waals surface area contributed by atoms with Crippen LogP contribution in [0.5, 0.6) is 17.2 Å². The lowest BCUT2D eigenvalue weighted by molar-refractivity contribution is 0.171. The Balaban J connectivity index is 2.05. The molecule has 1 aromatic carbocycles. The highest BCUT2D eigenvalue weighted by Gasteiger charge is 2.19. The number of ether oxygens (including phenoxy) is 3. The number of allylic oxidation sites excluding steroid dienone is 1. The van der Waals surface area contributed by atoms with E-state index in [1.165, 1.54) is 0 Å². The molecular weight excluding hydrogens is 268 g/mol. The zero-order valence-corrected chi connectivity index (χ0v) is 11.4. The number of aromatic nitrogens is 1. The third-order valence-electron chi connectivity index (χ3n) is 3.05. The second-order valence-electron chi connectivity index (χ2n) is 4.34. The first-order valence-corrected chi connectivity index (χ1v) is 6.32. The van der Waals surface area contributed by atoms with Crippen LogP contribution in [0.2, 0.25) is 0 Å². The summed E-state index contributed by atoms with van der Waals surface area (Å²) in [4.78, 5) is 4.18. The minimum absolute atomic E-state index is 0.171. The second-order valence-corrected chi connectivity index (χ2v) is 4.34. The topological polar surface area (TPSA) is 64.4 Å². The lowest BCUT2D eigenvalue weighted by atomic mass is 10.1. The van der Waals surface area contributed by atoms with Crippen LogP contribution >= 0.6 is 0 Å². The number of benzene rings is 1. The third kappa shape index (κ3) is 2.51. The number of pyridine rings is 1. The highest BCUT2D eigenvalue weighted by Crippen LogP contribution is 2.42. The Labute approximate surface area is 122 Å². The van der Waals surface area contributed by atoms with Gasteiger partial charge < -0.3 is 14.2 Å². The van der Waals surface area contributed by atoms with Gasteiger partial charge in [-0.1, -0.05) is 6.07 Å². The van der Waals surface area contributed by atoms with Crippen molar-refractivity contribution in [2.24, 2.45) is 0 Å². The Morgan fingerprint density at radius 1 is 1.38 bits per heavy atom. The first-order chi connectivity index (χ1) is 10.3. The molecule has 0 saturated heterocycles. The van der Waals surface area contributed by atoms with Crippen LogP contribution in [-0.4, -0.2) is 18.9 Å². The smallest absolute Gasteiger partial charge is 0.231 e. The molecule has 0 aliphatic carbocycles. The van der Waals surface area contributed by atoms with Crippen molar-refractivity contribution < 1.29 is 14.2 Å². The van der Waals surface area contributed by atoms with Gasteiger partial charge in [0, 0.05) is 6.20 Å². The van der Waals surface area contributed by atoms with Crippen molar-refractivity contribution in [2.75, 3.05) is 13.9 Å². The molecule has 0 N–H and O–H groups in total. The Hall–Kier alpha value is -3.00. The average Bonchev–Trinajstić information content (AvgIpc) is 3.01. The molecule has 1 aliphatic heterocycles. The van der Waals surface area contributed by atoms with E-state index in [0.29, 0.717) is 28.5 Å². The Morgan fingerprint density at radius 3 is 3.00 bits per heavy atom. The maximum absolute atomic E-state index is 9.32. The minimum atomic E-state index is 0.171. The van der Waals surface area contributed by atoms with Gasteiger partial charge in [-0.2, -0.15) is 5.26 Å². The molecule has 0 radical (unpaired) electrons. The molecule has 0 atom stereocenters. The van der Waals surface area contributed by atoms with E-state index in [0.717, 1.165) is 5.56 Å². The first-order valence-electron chi connectivity index (χ1n) is 6.32. The van der Waals surface area contributed by atoms with Gasteiger partial charge in [-0.15, -0.1) is 0 Å². The van der Waals surface area contributed by atoms with Gasteiger partial charge in [-0.25, -0.2) is 0 Å². The van der Waals surface area contributed by atoms with Crippen molar-refractivity contribution >= 4 is 11.6 Å². The van der Waals surface area contributed by atoms with Gasteiger partial charge in [0.1, 0.15) is 6.07 Å². The second kappa shape index (κ2) is 5.55. The summed E-state index contributed by atoms with van der Waals surface area (Å²) >= 11 is 0. The Morgan fingerprint density at radius 2 is 2.29 bits per heavy atom. The molecule has 2 heterocycles. The van der Waals surface area contributed by atoms with Crippen LogP contribution in [0.25, 0.3) is 11.6 Å². The summed E-state index contributed by atoms with van der Waals surface area (Å²) in [6, 6.07) is 11.2. The predicted molar refractivity (Wildman–Crippen MR) is 76.8 cm³/mol. The van der Waals surface area contributed by atoms with Gasteiger partial charge in [-0.05, 0) is 35.9 Å². The van der Waals surface area contributed by atoms with Crippen molar-refractivity contribution in [2.45, 2.75) is 0 Å². The summed E-state index contributed by atoms with van der Waals surface area (Å²) in [6.45, 7) is 0.171. The normalized spacial score (nSPS) is 12.9. The van der Waals surface area contributed by atoms with Gasteiger partial charge in [0.25, 0.3) is 0 Å². The van der Waals surface area contributed by atoms with Crippen molar-refractivity contribution in [3.05, 3.63) is 47.8 Å².